The first-order chi connectivity index (χ1) is 9.81. The molecule has 1 aromatic carbocycles. The molecule has 0 fully saturated rings. The van der Waals surface area contributed by atoms with Crippen molar-refractivity contribution in [3.63, 3.8) is 0 Å². The minimum absolute atomic E-state index is 0.113. The third kappa shape index (κ3) is 4.17. The van der Waals surface area contributed by atoms with Gasteiger partial charge in [0.25, 0.3) is 0 Å². The fourth-order valence-electron chi connectivity index (χ4n) is 2.08. The van der Waals surface area contributed by atoms with E-state index in [2.05, 4.69) is 34.7 Å². The number of nitrogens with zero attached hydrogens (tertiary/aromatic N) is 1. The first kappa shape index (κ1) is 14.7. The number of thioether (sulfide) groups is 1. The van der Waals surface area contributed by atoms with E-state index in [0.717, 1.165) is 24.6 Å². The number of para-hydroxylation sites is 1. The van der Waals surface area contributed by atoms with Crippen LogP contribution in [0.1, 0.15) is 6.42 Å². The Labute approximate surface area is 124 Å². The summed E-state index contributed by atoms with van der Waals surface area (Å²) >= 11 is 1.77. The number of aromatic nitrogens is 1. The minimum Gasteiger partial charge on any atom is -0.355 e. The summed E-state index contributed by atoms with van der Waals surface area (Å²) < 4.78 is 2.13. The molecule has 0 aliphatic rings. The Morgan fingerprint density at radius 3 is 3.05 bits per heavy atom. The molecule has 1 N–H and O–H groups in total. The van der Waals surface area contributed by atoms with E-state index >= 15 is 0 Å². The first-order valence-corrected chi connectivity index (χ1v) is 7.96. The van der Waals surface area contributed by atoms with E-state index in [4.69, 9.17) is 0 Å². The van der Waals surface area contributed by atoms with Gasteiger partial charge in [0, 0.05) is 42.7 Å². The van der Waals surface area contributed by atoms with Gasteiger partial charge in [-0.3, -0.25) is 4.79 Å². The lowest BCUT2D eigenvalue weighted by Crippen LogP contribution is -2.26. The normalized spacial score (nSPS) is 10.6. The van der Waals surface area contributed by atoms with Crippen molar-refractivity contribution in [3.8, 4) is 0 Å². The molecule has 20 heavy (non-hydrogen) atoms. The molecule has 3 nitrogen and oxygen atoms in total. The summed E-state index contributed by atoms with van der Waals surface area (Å²) in [5.74, 6) is 1.98. The summed E-state index contributed by atoms with van der Waals surface area (Å²) in [6, 6.07) is 10.3. The van der Waals surface area contributed by atoms with Crippen LogP contribution in [-0.4, -0.2) is 28.5 Å². The van der Waals surface area contributed by atoms with Crippen molar-refractivity contribution in [3.05, 3.63) is 49.2 Å². The van der Waals surface area contributed by atoms with Gasteiger partial charge in [-0.2, -0.15) is 11.8 Å². The average Bonchev–Trinajstić information content (AvgIpc) is 2.88. The van der Waals surface area contributed by atoms with E-state index in [-0.39, 0.29) is 5.91 Å². The summed E-state index contributed by atoms with van der Waals surface area (Å²) in [5, 5.41) is 4.16. The summed E-state index contributed by atoms with van der Waals surface area (Å²) in [4.78, 5) is 11.8. The standard InChI is InChI=1S/C16H20N2OS/c1-2-12-20-13-9-17-16(19)8-11-18-10-7-14-5-3-4-6-15(14)18/h2-7,10H,1,8-9,11-13H2,(H,17,19). The van der Waals surface area contributed by atoms with Crippen LogP contribution in [0.5, 0.6) is 0 Å². The minimum atomic E-state index is 0.113. The van der Waals surface area contributed by atoms with Crippen LogP contribution in [0.3, 0.4) is 0 Å². The summed E-state index contributed by atoms with van der Waals surface area (Å²) in [6.45, 7) is 5.11. The van der Waals surface area contributed by atoms with Gasteiger partial charge < -0.3 is 9.88 Å². The van der Waals surface area contributed by atoms with Gasteiger partial charge in [0.1, 0.15) is 0 Å². The molecule has 4 heteroatoms. The second-order valence-electron chi connectivity index (χ2n) is 4.53. The van der Waals surface area contributed by atoms with Crippen LogP contribution < -0.4 is 5.32 Å². The van der Waals surface area contributed by atoms with Gasteiger partial charge in [-0.15, -0.1) is 6.58 Å². The molecule has 0 aliphatic heterocycles. The Bertz CT molecular complexity index is 577. The number of hydrogen-bond acceptors (Lipinski definition) is 2. The van der Waals surface area contributed by atoms with Crippen molar-refractivity contribution >= 4 is 28.6 Å². The summed E-state index contributed by atoms with van der Waals surface area (Å²) in [7, 11) is 0. The molecule has 1 amide bonds. The van der Waals surface area contributed by atoms with Gasteiger partial charge in [0.15, 0.2) is 0 Å². The number of aryl methyl sites for hydroxylation is 1. The van der Waals surface area contributed by atoms with Crippen molar-refractivity contribution in [1.82, 2.24) is 9.88 Å². The van der Waals surface area contributed by atoms with Crippen LogP contribution in [0.15, 0.2) is 49.2 Å². The Kier molecular flexibility index (Phi) is 5.74. The SMILES string of the molecule is C=CCSCCNC(=O)CCn1ccc2ccccc21. The smallest absolute Gasteiger partial charge is 0.221 e. The Morgan fingerprint density at radius 1 is 1.35 bits per heavy atom. The number of nitrogens with one attached hydrogen (secondary N) is 1. The highest BCUT2D eigenvalue weighted by atomic mass is 32.2. The van der Waals surface area contributed by atoms with Crippen LogP contribution in [0, 0.1) is 0 Å². The average molecular weight is 288 g/mol. The highest BCUT2D eigenvalue weighted by Crippen LogP contribution is 2.15. The third-order valence-corrected chi connectivity index (χ3v) is 4.03. The van der Waals surface area contributed by atoms with Crippen molar-refractivity contribution in [2.45, 2.75) is 13.0 Å². The molecule has 2 rings (SSSR count). The van der Waals surface area contributed by atoms with Crippen molar-refractivity contribution < 1.29 is 4.79 Å². The lowest BCUT2D eigenvalue weighted by atomic mass is 10.2. The maximum atomic E-state index is 11.8. The molecule has 0 atom stereocenters. The number of rotatable bonds is 8. The van der Waals surface area contributed by atoms with E-state index in [1.807, 2.05) is 24.4 Å². The number of amides is 1. The van der Waals surface area contributed by atoms with E-state index in [1.165, 1.54) is 10.9 Å². The summed E-state index contributed by atoms with van der Waals surface area (Å²) in [5.41, 5.74) is 1.18. The number of carbonyl (C=O) groups excluding carboxylic acids is 1. The maximum Gasteiger partial charge on any atom is 0.221 e. The largest absolute Gasteiger partial charge is 0.355 e. The Hall–Kier alpha value is -1.68. The van der Waals surface area contributed by atoms with Gasteiger partial charge in [0.2, 0.25) is 5.91 Å². The predicted molar refractivity (Wildman–Crippen MR) is 87.1 cm³/mol. The number of hydrogen-bond donors (Lipinski definition) is 1. The van der Waals surface area contributed by atoms with E-state index in [1.54, 1.807) is 11.8 Å². The van der Waals surface area contributed by atoms with Gasteiger partial charge in [0.05, 0.1) is 0 Å². The molecule has 0 aliphatic carbocycles. The van der Waals surface area contributed by atoms with Crippen molar-refractivity contribution in [1.29, 1.82) is 0 Å². The molecule has 0 bridgehead atoms. The van der Waals surface area contributed by atoms with Gasteiger partial charge in [-0.05, 0) is 17.5 Å². The van der Waals surface area contributed by atoms with E-state index in [9.17, 15) is 4.79 Å². The third-order valence-electron chi connectivity index (χ3n) is 3.06. The fourth-order valence-corrected chi connectivity index (χ4v) is 2.65. The van der Waals surface area contributed by atoms with E-state index in [0.29, 0.717) is 6.42 Å². The van der Waals surface area contributed by atoms with E-state index < -0.39 is 0 Å². The van der Waals surface area contributed by atoms with Crippen LogP contribution >= 0.6 is 11.8 Å². The highest BCUT2D eigenvalue weighted by molar-refractivity contribution is 7.99. The molecule has 2 aromatic rings. The Balaban J connectivity index is 1.74. The molecule has 0 spiro atoms. The van der Waals surface area contributed by atoms with Crippen LogP contribution in [-0.2, 0) is 11.3 Å². The number of benzene rings is 1. The molecule has 0 radical (unpaired) electrons. The highest BCUT2D eigenvalue weighted by Gasteiger charge is 2.03. The zero-order chi connectivity index (χ0) is 14.2. The number of fused-ring (bicyclic) bond motifs is 1. The molecule has 0 saturated heterocycles. The lowest BCUT2D eigenvalue weighted by molar-refractivity contribution is -0.121. The lowest BCUT2D eigenvalue weighted by Gasteiger charge is -2.07. The first-order valence-electron chi connectivity index (χ1n) is 6.80. The predicted octanol–water partition coefficient (Wildman–Crippen LogP) is 3.07. The maximum absolute atomic E-state index is 11.8. The second kappa shape index (κ2) is 7.80. The zero-order valence-electron chi connectivity index (χ0n) is 11.5. The van der Waals surface area contributed by atoms with Crippen molar-refractivity contribution in [2.24, 2.45) is 0 Å². The monoisotopic (exact) mass is 288 g/mol. The zero-order valence-corrected chi connectivity index (χ0v) is 12.4. The fraction of sp³-hybridized carbons (Fsp3) is 0.312. The molecular formula is C16H20N2OS. The van der Waals surface area contributed by atoms with Gasteiger partial charge >= 0.3 is 0 Å². The molecule has 1 aromatic heterocycles. The van der Waals surface area contributed by atoms with Crippen LogP contribution in [0.4, 0.5) is 0 Å². The van der Waals surface area contributed by atoms with Gasteiger partial charge in [-0.25, -0.2) is 0 Å². The Morgan fingerprint density at radius 2 is 2.20 bits per heavy atom. The van der Waals surface area contributed by atoms with Crippen LogP contribution in [0.25, 0.3) is 10.9 Å². The quantitative estimate of drug-likeness (QED) is 0.598. The van der Waals surface area contributed by atoms with Crippen LogP contribution in [0.2, 0.25) is 0 Å². The van der Waals surface area contributed by atoms with Gasteiger partial charge in [-0.1, -0.05) is 24.3 Å². The molecule has 0 saturated carbocycles. The molecule has 1 heterocycles. The molecular weight excluding hydrogens is 268 g/mol. The molecule has 0 unspecified atom stereocenters. The molecule has 106 valence electrons. The summed E-state index contributed by atoms with van der Waals surface area (Å²) in [6.07, 6.45) is 4.44. The topological polar surface area (TPSA) is 34.0 Å². The van der Waals surface area contributed by atoms with Crippen molar-refractivity contribution in [2.75, 3.05) is 18.1 Å². The second-order valence-corrected chi connectivity index (χ2v) is 5.68. The number of carbonyl (C=O) groups is 1.